The third kappa shape index (κ3) is 4.17. The van der Waals surface area contributed by atoms with Crippen LogP contribution in [-0.2, 0) is 14.6 Å². The lowest BCUT2D eigenvalue weighted by Crippen LogP contribution is -2.43. The van der Waals surface area contributed by atoms with Gasteiger partial charge < -0.3 is 14.4 Å². The molecule has 130 valence electrons. The highest BCUT2D eigenvalue weighted by atomic mass is 32.2. The molecule has 1 atom stereocenters. The summed E-state index contributed by atoms with van der Waals surface area (Å²) in [5, 5.41) is 8.88. The Balaban J connectivity index is 2.03. The van der Waals surface area contributed by atoms with Crippen LogP contribution >= 0.6 is 0 Å². The summed E-state index contributed by atoms with van der Waals surface area (Å²) in [6.45, 7) is 2.02. The molecule has 8 heteroatoms. The Morgan fingerprint density at radius 3 is 2.71 bits per heavy atom. The van der Waals surface area contributed by atoms with E-state index >= 15 is 0 Å². The molecule has 1 aromatic rings. The molecule has 1 heterocycles. The monoisotopic (exact) mass is 352 g/mol. The van der Waals surface area contributed by atoms with Crippen molar-refractivity contribution in [2.45, 2.75) is 19.4 Å². The molecule has 7 nitrogen and oxygen atoms in total. The maximum Gasteiger partial charge on any atom is 0.260 e. The summed E-state index contributed by atoms with van der Waals surface area (Å²) in [4.78, 5) is 13.9. The summed E-state index contributed by atoms with van der Waals surface area (Å²) >= 11 is 0. The molecule has 1 aliphatic heterocycles. The molecule has 1 saturated heterocycles. The Bertz CT molecular complexity index is 754. The Kier molecular flexibility index (Phi) is 5.67. The number of carbonyl (C=O) groups is 1. The number of sulfone groups is 1. The van der Waals surface area contributed by atoms with E-state index in [9.17, 15) is 13.2 Å². The molecule has 1 aliphatic rings. The summed E-state index contributed by atoms with van der Waals surface area (Å²) in [5.41, 5.74) is 0.428. The first-order valence-electron chi connectivity index (χ1n) is 7.61. The van der Waals surface area contributed by atoms with Gasteiger partial charge in [-0.1, -0.05) is 0 Å². The second kappa shape index (κ2) is 7.53. The van der Waals surface area contributed by atoms with E-state index in [-0.39, 0.29) is 30.1 Å². The largest absolute Gasteiger partial charge is 0.493 e. The van der Waals surface area contributed by atoms with Crippen molar-refractivity contribution in [3.05, 3.63) is 23.8 Å². The quantitative estimate of drug-likeness (QED) is 0.757. The van der Waals surface area contributed by atoms with Crippen LogP contribution in [0.1, 0.15) is 18.9 Å². The van der Waals surface area contributed by atoms with Crippen LogP contribution in [0.2, 0.25) is 0 Å². The minimum atomic E-state index is -3.05. The smallest absolute Gasteiger partial charge is 0.260 e. The van der Waals surface area contributed by atoms with E-state index in [0.29, 0.717) is 30.0 Å². The standard InChI is InChI=1S/C16H20N2O5S/c1-3-18(13-6-7-24(20,21)11-13)16(19)10-23-14-5-4-12(9-17)8-15(14)22-2/h4-5,8,13H,3,6-7,10-11H2,1-2H3/t13-/m0/s1. The zero-order valence-corrected chi connectivity index (χ0v) is 14.5. The predicted octanol–water partition coefficient (Wildman–Crippen LogP) is 0.981. The van der Waals surface area contributed by atoms with E-state index in [0.717, 1.165) is 0 Å². The van der Waals surface area contributed by atoms with Gasteiger partial charge in [0.25, 0.3) is 5.91 Å². The van der Waals surface area contributed by atoms with Gasteiger partial charge in [0.15, 0.2) is 27.9 Å². The summed E-state index contributed by atoms with van der Waals surface area (Å²) in [7, 11) is -1.60. The first-order chi connectivity index (χ1) is 11.4. The van der Waals surface area contributed by atoms with Gasteiger partial charge in [-0.25, -0.2) is 8.42 Å². The van der Waals surface area contributed by atoms with Crippen molar-refractivity contribution in [1.29, 1.82) is 5.26 Å². The molecule has 1 fully saturated rings. The molecule has 0 N–H and O–H groups in total. The highest BCUT2D eigenvalue weighted by Crippen LogP contribution is 2.28. The van der Waals surface area contributed by atoms with Crippen molar-refractivity contribution >= 4 is 15.7 Å². The zero-order chi connectivity index (χ0) is 17.7. The third-order valence-electron chi connectivity index (χ3n) is 3.95. The first kappa shape index (κ1) is 18.1. The lowest BCUT2D eigenvalue weighted by molar-refractivity contribution is -0.135. The van der Waals surface area contributed by atoms with Gasteiger partial charge in [-0.05, 0) is 25.5 Å². The number of likely N-dealkylation sites (N-methyl/N-ethyl adjacent to an activating group) is 1. The maximum absolute atomic E-state index is 12.4. The van der Waals surface area contributed by atoms with E-state index < -0.39 is 9.84 Å². The normalized spacial score (nSPS) is 18.6. The second-order valence-corrected chi connectivity index (χ2v) is 7.73. The van der Waals surface area contributed by atoms with Gasteiger partial charge >= 0.3 is 0 Å². The van der Waals surface area contributed by atoms with Crippen LogP contribution in [0.25, 0.3) is 0 Å². The number of amides is 1. The van der Waals surface area contributed by atoms with Gasteiger partial charge in [-0.2, -0.15) is 5.26 Å². The van der Waals surface area contributed by atoms with E-state index in [1.54, 1.807) is 17.0 Å². The molecule has 1 aromatic carbocycles. The number of hydrogen-bond acceptors (Lipinski definition) is 6. The Morgan fingerprint density at radius 1 is 1.42 bits per heavy atom. The summed E-state index contributed by atoms with van der Waals surface area (Å²) < 4.78 is 33.9. The van der Waals surface area contributed by atoms with Gasteiger partial charge in [0.1, 0.15) is 0 Å². The van der Waals surface area contributed by atoms with Crippen LogP contribution in [0.3, 0.4) is 0 Å². The van der Waals surface area contributed by atoms with Gasteiger partial charge in [-0.15, -0.1) is 0 Å². The number of benzene rings is 1. The van der Waals surface area contributed by atoms with Gasteiger partial charge in [0.05, 0.1) is 30.2 Å². The highest BCUT2D eigenvalue weighted by molar-refractivity contribution is 7.91. The number of ether oxygens (including phenoxy) is 2. The Hall–Kier alpha value is -2.27. The average molecular weight is 352 g/mol. The Labute approximate surface area is 141 Å². The zero-order valence-electron chi connectivity index (χ0n) is 13.7. The molecule has 0 bridgehead atoms. The highest BCUT2D eigenvalue weighted by Gasteiger charge is 2.34. The molecule has 1 amide bonds. The van der Waals surface area contributed by atoms with E-state index in [4.69, 9.17) is 14.7 Å². The van der Waals surface area contributed by atoms with Crippen molar-refractivity contribution in [2.24, 2.45) is 0 Å². The first-order valence-corrected chi connectivity index (χ1v) is 9.43. The topological polar surface area (TPSA) is 96.7 Å². The van der Waals surface area contributed by atoms with Crippen molar-refractivity contribution in [2.75, 3.05) is 31.8 Å². The van der Waals surface area contributed by atoms with E-state index in [1.807, 2.05) is 13.0 Å². The number of nitrogens with zero attached hydrogens (tertiary/aromatic N) is 2. The summed E-state index contributed by atoms with van der Waals surface area (Å²) in [5.74, 6) is 0.581. The van der Waals surface area contributed by atoms with Gasteiger partial charge in [0, 0.05) is 18.7 Å². The average Bonchev–Trinajstić information content (AvgIpc) is 2.93. The second-order valence-electron chi connectivity index (χ2n) is 5.50. The fourth-order valence-electron chi connectivity index (χ4n) is 2.74. The summed E-state index contributed by atoms with van der Waals surface area (Å²) in [6, 6.07) is 6.38. The molecule has 0 radical (unpaired) electrons. The molecule has 0 aliphatic carbocycles. The van der Waals surface area contributed by atoms with Crippen LogP contribution < -0.4 is 9.47 Å². The van der Waals surface area contributed by atoms with Crippen LogP contribution in [0.15, 0.2) is 18.2 Å². The van der Waals surface area contributed by atoms with Crippen LogP contribution in [0.5, 0.6) is 11.5 Å². The molecule has 0 spiro atoms. The predicted molar refractivity (Wildman–Crippen MR) is 87.6 cm³/mol. The van der Waals surface area contributed by atoms with Crippen molar-refractivity contribution in [3.63, 3.8) is 0 Å². The lowest BCUT2D eigenvalue weighted by Gasteiger charge is -2.26. The van der Waals surface area contributed by atoms with Gasteiger partial charge in [-0.3, -0.25) is 4.79 Å². The lowest BCUT2D eigenvalue weighted by atomic mass is 10.2. The van der Waals surface area contributed by atoms with Crippen molar-refractivity contribution < 1.29 is 22.7 Å². The SMILES string of the molecule is CCN(C(=O)COc1ccc(C#N)cc1OC)[C@H]1CCS(=O)(=O)C1. The van der Waals surface area contributed by atoms with E-state index in [1.165, 1.54) is 13.2 Å². The number of rotatable bonds is 6. The minimum absolute atomic E-state index is 0.00671. The molecular formula is C16H20N2O5S. The van der Waals surface area contributed by atoms with Crippen LogP contribution in [-0.4, -0.2) is 57.0 Å². The number of carbonyl (C=O) groups excluding carboxylic acids is 1. The number of hydrogen-bond donors (Lipinski definition) is 0. The maximum atomic E-state index is 12.4. The fraction of sp³-hybridized carbons (Fsp3) is 0.500. The summed E-state index contributed by atoms with van der Waals surface area (Å²) in [6.07, 6.45) is 0.460. The number of nitriles is 1. The van der Waals surface area contributed by atoms with Crippen molar-refractivity contribution in [1.82, 2.24) is 4.90 Å². The molecule has 0 saturated carbocycles. The van der Waals surface area contributed by atoms with Gasteiger partial charge in [0.2, 0.25) is 0 Å². The molecule has 0 unspecified atom stereocenters. The number of methoxy groups -OCH3 is 1. The van der Waals surface area contributed by atoms with Crippen LogP contribution in [0.4, 0.5) is 0 Å². The van der Waals surface area contributed by atoms with Crippen molar-refractivity contribution in [3.8, 4) is 17.6 Å². The van der Waals surface area contributed by atoms with E-state index in [2.05, 4.69) is 0 Å². The molecule has 2 rings (SSSR count). The van der Waals surface area contributed by atoms with Crippen LogP contribution in [0, 0.1) is 11.3 Å². The molecular weight excluding hydrogens is 332 g/mol. The third-order valence-corrected chi connectivity index (χ3v) is 5.70. The Morgan fingerprint density at radius 2 is 2.17 bits per heavy atom. The molecule has 0 aromatic heterocycles. The molecule has 24 heavy (non-hydrogen) atoms. The minimum Gasteiger partial charge on any atom is -0.493 e. The fourth-order valence-corrected chi connectivity index (χ4v) is 4.47.